The number of hydrogen-bond acceptors (Lipinski definition) is 4. The highest BCUT2D eigenvalue weighted by Crippen LogP contribution is 2.20. The van der Waals surface area contributed by atoms with Crippen molar-refractivity contribution in [2.75, 3.05) is 0 Å². The van der Waals surface area contributed by atoms with E-state index in [4.69, 9.17) is 9.56 Å². The van der Waals surface area contributed by atoms with E-state index in [1.165, 1.54) is 18.2 Å². The summed E-state index contributed by atoms with van der Waals surface area (Å²) >= 11 is 3.19. The molecule has 2 rings (SSSR count). The molecule has 5 nitrogen and oxygen atoms in total. The zero-order valence-electron chi connectivity index (χ0n) is 7.47. The first-order valence-corrected chi connectivity index (χ1v) is 6.66. The molecule has 0 bridgehead atoms. The van der Waals surface area contributed by atoms with Gasteiger partial charge in [-0.1, -0.05) is 15.9 Å². The van der Waals surface area contributed by atoms with Crippen LogP contribution in [0.4, 0.5) is 0 Å². The number of halogens is 1. The van der Waals surface area contributed by atoms with Crippen molar-refractivity contribution in [2.45, 2.75) is 10.2 Å². The minimum atomic E-state index is -3.69. The lowest BCUT2D eigenvalue weighted by atomic mass is 10.3. The van der Waals surface area contributed by atoms with Crippen LogP contribution in [-0.2, 0) is 15.4 Å². The van der Waals surface area contributed by atoms with Gasteiger partial charge in [0.05, 0.1) is 10.2 Å². The maximum atomic E-state index is 11.1. The summed E-state index contributed by atoms with van der Waals surface area (Å²) in [4.78, 5) is 4.10. The lowest BCUT2D eigenvalue weighted by Gasteiger charge is -1.95. The fourth-order valence-corrected chi connectivity index (χ4v) is 1.96. The normalized spacial score (nSPS) is 12.1. The molecule has 0 radical (unpaired) electrons. The third kappa shape index (κ3) is 2.04. The van der Waals surface area contributed by atoms with Gasteiger partial charge in [-0.2, -0.15) is 0 Å². The number of primary sulfonamides is 1. The van der Waals surface area contributed by atoms with Crippen LogP contribution >= 0.6 is 15.9 Å². The minimum absolute atomic E-state index is 0.0319. The molecule has 0 atom stereocenters. The van der Waals surface area contributed by atoms with Gasteiger partial charge in [-0.15, -0.1) is 0 Å². The molecule has 0 unspecified atom stereocenters. The average molecular weight is 291 g/mol. The maximum absolute atomic E-state index is 11.1. The van der Waals surface area contributed by atoms with Crippen molar-refractivity contribution < 1.29 is 12.8 Å². The van der Waals surface area contributed by atoms with E-state index in [-0.39, 0.29) is 4.90 Å². The van der Waals surface area contributed by atoms with E-state index in [2.05, 4.69) is 20.9 Å². The zero-order valence-corrected chi connectivity index (χ0v) is 9.88. The Balaban J connectivity index is 2.66. The van der Waals surface area contributed by atoms with Crippen LogP contribution in [0.1, 0.15) is 5.89 Å². The Morgan fingerprint density at radius 2 is 2.20 bits per heavy atom. The number of oxazole rings is 1. The third-order valence-electron chi connectivity index (χ3n) is 1.85. The summed E-state index contributed by atoms with van der Waals surface area (Å²) in [7, 11) is -3.69. The van der Waals surface area contributed by atoms with Crippen LogP contribution < -0.4 is 5.14 Å². The van der Waals surface area contributed by atoms with E-state index in [1.807, 2.05) is 0 Å². The highest BCUT2D eigenvalue weighted by atomic mass is 79.9. The van der Waals surface area contributed by atoms with Crippen molar-refractivity contribution in [1.82, 2.24) is 4.98 Å². The Labute approximate surface area is 94.5 Å². The van der Waals surface area contributed by atoms with Crippen molar-refractivity contribution >= 4 is 37.1 Å². The van der Waals surface area contributed by atoms with E-state index in [1.54, 1.807) is 0 Å². The second kappa shape index (κ2) is 3.58. The molecule has 80 valence electrons. The summed E-state index contributed by atoms with van der Waals surface area (Å²) in [6.07, 6.45) is 0. The SMILES string of the molecule is NS(=O)(=O)c1ccc2oc(CBr)nc2c1. The Morgan fingerprint density at radius 1 is 1.47 bits per heavy atom. The molecule has 7 heteroatoms. The van der Waals surface area contributed by atoms with Crippen LogP contribution in [0.3, 0.4) is 0 Å². The van der Waals surface area contributed by atoms with Crippen molar-refractivity contribution in [3.05, 3.63) is 24.1 Å². The molecular weight excluding hydrogens is 284 g/mol. The second-order valence-electron chi connectivity index (χ2n) is 2.92. The summed E-state index contributed by atoms with van der Waals surface area (Å²) in [5.74, 6) is 0.497. The second-order valence-corrected chi connectivity index (χ2v) is 5.04. The van der Waals surface area contributed by atoms with Gasteiger partial charge < -0.3 is 4.42 Å². The van der Waals surface area contributed by atoms with E-state index < -0.39 is 10.0 Å². The maximum Gasteiger partial charge on any atom is 0.238 e. The largest absolute Gasteiger partial charge is 0.440 e. The Hall–Kier alpha value is -0.920. The summed E-state index contributed by atoms with van der Waals surface area (Å²) in [5.41, 5.74) is 1.02. The smallest absolute Gasteiger partial charge is 0.238 e. The summed E-state index contributed by atoms with van der Waals surface area (Å²) in [5, 5.41) is 5.47. The van der Waals surface area contributed by atoms with Crippen LogP contribution in [0.25, 0.3) is 11.1 Å². The van der Waals surface area contributed by atoms with Gasteiger partial charge in [-0.3, -0.25) is 0 Å². The van der Waals surface area contributed by atoms with Crippen LogP contribution in [-0.4, -0.2) is 13.4 Å². The zero-order chi connectivity index (χ0) is 11.1. The predicted molar refractivity (Wildman–Crippen MR) is 58.0 cm³/mol. The molecule has 0 aliphatic heterocycles. The number of aromatic nitrogens is 1. The number of sulfonamides is 1. The number of rotatable bonds is 2. The Kier molecular flexibility index (Phi) is 2.53. The lowest BCUT2D eigenvalue weighted by molar-refractivity contribution is 0.557. The van der Waals surface area contributed by atoms with Crippen molar-refractivity contribution in [2.24, 2.45) is 5.14 Å². The molecule has 2 N–H and O–H groups in total. The van der Waals surface area contributed by atoms with E-state index in [0.717, 1.165) is 0 Å². The van der Waals surface area contributed by atoms with Crippen molar-refractivity contribution in [3.63, 3.8) is 0 Å². The Bertz CT molecular complexity index is 605. The lowest BCUT2D eigenvalue weighted by Crippen LogP contribution is -2.11. The van der Waals surface area contributed by atoms with Crippen LogP contribution in [0, 0.1) is 0 Å². The van der Waals surface area contributed by atoms with Gasteiger partial charge in [0.15, 0.2) is 5.58 Å². The standard InChI is InChI=1S/C8H7BrN2O3S/c9-4-8-11-6-3-5(15(10,12)13)1-2-7(6)14-8/h1-3H,4H2,(H2,10,12,13). The minimum Gasteiger partial charge on any atom is -0.440 e. The molecule has 1 heterocycles. The highest BCUT2D eigenvalue weighted by Gasteiger charge is 2.11. The molecule has 1 aromatic heterocycles. The van der Waals surface area contributed by atoms with Gasteiger partial charge in [0.1, 0.15) is 5.52 Å². The molecule has 0 aliphatic rings. The number of fused-ring (bicyclic) bond motifs is 1. The summed E-state index contributed by atoms with van der Waals surface area (Å²) in [6, 6.07) is 4.31. The summed E-state index contributed by atoms with van der Waals surface area (Å²) in [6.45, 7) is 0. The average Bonchev–Trinajstić information content (AvgIpc) is 2.57. The number of nitrogens with two attached hydrogens (primary N) is 1. The monoisotopic (exact) mass is 290 g/mol. The van der Waals surface area contributed by atoms with Gasteiger partial charge in [0.2, 0.25) is 15.9 Å². The van der Waals surface area contributed by atoms with Gasteiger partial charge in [-0.25, -0.2) is 18.5 Å². The van der Waals surface area contributed by atoms with Crippen LogP contribution in [0.15, 0.2) is 27.5 Å². The highest BCUT2D eigenvalue weighted by molar-refractivity contribution is 9.08. The van der Waals surface area contributed by atoms with Gasteiger partial charge in [0, 0.05) is 0 Å². The Morgan fingerprint density at radius 3 is 2.80 bits per heavy atom. The first-order valence-electron chi connectivity index (χ1n) is 3.99. The molecule has 0 saturated heterocycles. The quantitative estimate of drug-likeness (QED) is 0.847. The van der Waals surface area contributed by atoms with Crippen molar-refractivity contribution in [1.29, 1.82) is 0 Å². The van der Waals surface area contributed by atoms with Gasteiger partial charge in [0.25, 0.3) is 0 Å². The van der Waals surface area contributed by atoms with E-state index in [9.17, 15) is 8.42 Å². The van der Waals surface area contributed by atoms with Crippen LogP contribution in [0.2, 0.25) is 0 Å². The fraction of sp³-hybridized carbons (Fsp3) is 0.125. The molecule has 0 aliphatic carbocycles. The molecule has 2 aromatic rings. The molecule has 0 spiro atoms. The molecule has 1 aromatic carbocycles. The molecule has 15 heavy (non-hydrogen) atoms. The molecule has 0 amide bonds. The predicted octanol–water partition coefficient (Wildman–Crippen LogP) is 1.37. The topological polar surface area (TPSA) is 86.2 Å². The molecule has 0 fully saturated rings. The first-order chi connectivity index (χ1) is 7.00. The fourth-order valence-electron chi connectivity index (χ4n) is 1.19. The number of nitrogens with zero attached hydrogens (tertiary/aromatic N) is 1. The van der Waals surface area contributed by atoms with E-state index >= 15 is 0 Å². The first kappa shape index (κ1) is 10.6. The summed E-state index contributed by atoms with van der Waals surface area (Å²) < 4.78 is 27.4. The van der Waals surface area contributed by atoms with Gasteiger partial charge in [-0.05, 0) is 18.2 Å². The molecular formula is C8H7BrN2O3S. The third-order valence-corrected chi connectivity index (χ3v) is 3.24. The molecule has 0 saturated carbocycles. The number of hydrogen-bond donors (Lipinski definition) is 1. The number of benzene rings is 1. The van der Waals surface area contributed by atoms with Crippen LogP contribution in [0.5, 0.6) is 0 Å². The number of alkyl halides is 1. The van der Waals surface area contributed by atoms with Crippen molar-refractivity contribution in [3.8, 4) is 0 Å². The van der Waals surface area contributed by atoms with Gasteiger partial charge >= 0.3 is 0 Å². The van der Waals surface area contributed by atoms with E-state index in [0.29, 0.717) is 22.3 Å².